The second-order valence-corrected chi connectivity index (χ2v) is 4.08. The van der Waals surface area contributed by atoms with Gasteiger partial charge in [-0.3, -0.25) is 4.79 Å². The lowest BCUT2D eigenvalue weighted by Gasteiger charge is -2.06. The third kappa shape index (κ3) is 3.89. The van der Waals surface area contributed by atoms with E-state index in [1.54, 1.807) is 0 Å². The highest BCUT2D eigenvalue weighted by Gasteiger charge is 2.06. The molecule has 0 saturated heterocycles. The minimum atomic E-state index is -0.00192. The highest BCUT2D eigenvalue weighted by molar-refractivity contribution is 5.91. The summed E-state index contributed by atoms with van der Waals surface area (Å²) >= 11 is 0. The zero-order chi connectivity index (χ0) is 13.5. The summed E-state index contributed by atoms with van der Waals surface area (Å²) in [6.07, 6.45) is 2.58. The lowest BCUT2D eigenvalue weighted by atomic mass is 10.2. The third-order valence-electron chi connectivity index (χ3n) is 2.58. The first kappa shape index (κ1) is 13.2. The quantitative estimate of drug-likeness (QED) is 0.772. The monoisotopic (exact) mass is 260 g/mol. The molecule has 19 heavy (non-hydrogen) atoms. The molecule has 0 aliphatic carbocycles. The van der Waals surface area contributed by atoms with Gasteiger partial charge in [-0.2, -0.15) is 0 Å². The minimum Gasteiger partial charge on any atom is -0.423 e. The van der Waals surface area contributed by atoms with Gasteiger partial charge in [-0.05, 0) is 38.2 Å². The van der Waals surface area contributed by atoms with Crippen LogP contribution in [0.25, 0.3) is 11.5 Å². The lowest BCUT2D eigenvalue weighted by molar-refractivity contribution is -0.116. The van der Waals surface area contributed by atoms with E-state index in [1.165, 1.54) is 6.39 Å². The average molecular weight is 260 g/mol. The predicted molar refractivity (Wildman–Crippen MR) is 71.5 cm³/mol. The summed E-state index contributed by atoms with van der Waals surface area (Å²) in [6, 6.07) is 7.33. The van der Waals surface area contributed by atoms with Gasteiger partial charge in [-0.25, -0.2) is 0 Å². The van der Waals surface area contributed by atoms with Gasteiger partial charge in [0.25, 0.3) is 0 Å². The van der Waals surface area contributed by atoms with E-state index >= 15 is 0 Å². The summed E-state index contributed by atoms with van der Waals surface area (Å²) in [4.78, 5) is 11.7. The number of amides is 1. The molecule has 0 fully saturated rings. The fourth-order valence-corrected chi connectivity index (χ4v) is 1.68. The molecule has 1 aromatic heterocycles. The molecular weight excluding hydrogens is 244 g/mol. The Hall–Kier alpha value is -2.21. The standard InChI is InChI=1S/C13H16N4O2/c1-14-7-3-6-12(18)16-11-5-2-4-10(8-11)13-17-15-9-19-13/h2,4-5,8-9,14H,3,6-7H2,1H3,(H,16,18). The fourth-order valence-electron chi connectivity index (χ4n) is 1.68. The number of hydrogen-bond acceptors (Lipinski definition) is 5. The van der Waals surface area contributed by atoms with Crippen molar-refractivity contribution in [1.82, 2.24) is 15.5 Å². The van der Waals surface area contributed by atoms with Crippen LogP contribution in [-0.2, 0) is 4.79 Å². The molecular formula is C13H16N4O2. The van der Waals surface area contributed by atoms with Crippen molar-refractivity contribution in [2.45, 2.75) is 12.8 Å². The van der Waals surface area contributed by atoms with Gasteiger partial charge < -0.3 is 15.1 Å². The first-order valence-corrected chi connectivity index (χ1v) is 6.10. The fraction of sp³-hybridized carbons (Fsp3) is 0.308. The molecule has 1 amide bonds. The molecule has 2 N–H and O–H groups in total. The Bertz CT molecular complexity index is 525. The number of anilines is 1. The van der Waals surface area contributed by atoms with E-state index in [-0.39, 0.29) is 5.91 Å². The number of nitrogens with one attached hydrogen (secondary N) is 2. The molecule has 6 heteroatoms. The van der Waals surface area contributed by atoms with Crippen molar-refractivity contribution in [2.75, 3.05) is 18.9 Å². The summed E-state index contributed by atoms with van der Waals surface area (Å²) in [5.74, 6) is 0.434. The Kier molecular flexibility index (Phi) is 4.63. The summed E-state index contributed by atoms with van der Waals surface area (Å²) in [5.41, 5.74) is 1.51. The Morgan fingerprint density at radius 2 is 2.32 bits per heavy atom. The lowest BCUT2D eigenvalue weighted by Crippen LogP contribution is -2.15. The van der Waals surface area contributed by atoms with Gasteiger partial charge in [0.1, 0.15) is 0 Å². The molecule has 0 unspecified atom stereocenters. The molecule has 1 heterocycles. The first-order chi connectivity index (χ1) is 9.29. The molecule has 2 rings (SSSR count). The van der Waals surface area contributed by atoms with Crippen LogP contribution in [0.2, 0.25) is 0 Å². The topological polar surface area (TPSA) is 80.0 Å². The molecule has 6 nitrogen and oxygen atoms in total. The van der Waals surface area contributed by atoms with Crippen LogP contribution in [0.5, 0.6) is 0 Å². The predicted octanol–water partition coefficient (Wildman–Crippen LogP) is 1.67. The number of benzene rings is 1. The Labute approximate surface area is 111 Å². The van der Waals surface area contributed by atoms with E-state index < -0.39 is 0 Å². The largest absolute Gasteiger partial charge is 0.423 e. The SMILES string of the molecule is CNCCCC(=O)Nc1cccc(-c2nnco2)c1. The van der Waals surface area contributed by atoms with Crippen molar-refractivity contribution in [3.8, 4) is 11.5 Å². The summed E-state index contributed by atoms with van der Waals surface area (Å²) in [7, 11) is 1.87. The molecule has 0 aliphatic rings. The smallest absolute Gasteiger partial charge is 0.247 e. The molecule has 2 aromatic rings. The van der Waals surface area contributed by atoms with Crippen LogP contribution in [0.3, 0.4) is 0 Å². The van der Waals surface area contributed by atoms with Crippen molar-refractivity contribution >= 4 is 11.6 Å². The first-order valence-electron chi connectivity index (χ1n) is 6.10. The minimum absolute atomic E-state index is 0.00192. The number of carbonyl (C=O) groups is 1. The second-order valence-electron chi connectivity index (χ2n) is 4.08. The molecule has 0 atom stereocenters. The van der Waals surface area contributed by atoms with Crippen LogP contribution in [0.4, 0.5) is 5.69 Å². The van der Waals surface area contributed by atoms with Crippen LogP contribution in [0.15, 0.2) is 35.1 Å². The van der Waals surface area contributed by atoms with Crippen molar-refractivity contribution < 1.29 is 9.21 Å². The maximum atomic E-state index is 11.7. The number of rotatable bonds is 6. The number of hydrogen-bond donors (Lipinski definition) is 2. The van der Waals surface area contributed by atoms with Gasteiger partial charge in [0, 0.05) is 17.7 Å². The average Bonchev–Trinajstić information content (AvgIpc) is 2.93. The summed E-state index contributed by atoms with van der Waals surface area (Å²) < 4.78 is 5.12. The molecule has 100 valence electrons. The van der Waals surface area contributed by atoms with Crippen molar-refractivity contribution in [3.63, 3.8) is 0 Å². The van der Waals surface area contributed by atoms with Gasteiger partial charge >= 0.3 is 0 Å². The van der Waals surface area contributed by atoms with Gasteiger partial charge in [0.05, 0.1) is 0 Å². The number of aromatic nitrogens is 2. The van der Waals surface area contributed by atoms with E-state index in [4.69, 9.17) is 4.42 Å². The van der Waals surface area contributed by atoms with E-state index in [0.29, 0.717) is 12.3 Å². The summed E-state index contributed by atoms with van der Waals surface area (Å²) in [5, 5.41) is 13.3. The molecule has 0 radical (unpaired) electrons. The summed E-state index contributed by atoms with van der Waals surface area (Å²) in [6.45, 7) is 0.829. The molecule has 0 aliphatic heterocycles. The van der Waals surface area contributed by atoms with E-state index in [0.717, 1.165) is 24.2 Å². The van der Waals surface area contributed by atoms with Gasteiger partial charge in [0.2, 0.25) is 18.2 Å². The van der Waals surface area contributed by atoms with Gasteiger partial charge in [0.15, 0.2) is 0 Å². The number of carbonyl (C=O) groups excluding carboxylic acids is 1. The third-order valence-corrected chi connectivity index (χ3v) is 2.58. The maximum absolute atomic E-state index is 11.7. The van der Waals surface area contributed by atoms with Crippen molar-refractivity contribution in [3.05, 3.63) is 30.7 Å². The zero-order valence-corrected chi connectivity index (χ0v) is 10.7. The highest BCUT2D eigenvalue weighted by Crippen LogP contribution is 2.20. The van der Waals surface area contributed by atoms with E-state index in [9.17, 15) is 4.79 Å². The second kappa shape index (κ2) is 6.65. The van der Waals surface area contributed by atoms with Crippen LogP contribution in [0.1, 0.15) is 12.8 Å². The van der Waals surface area contributed by atoms with E-state index in [1.807, 2.05) is 31.3 Å². The van der Waals surface area contributed by atoms with Crippen molar-refractivity contribution in [2.24, 2.45) is 0 Å². The maximum Gasteiger partial charge on any atom is 0.247 e. The molecule has 0 spiro atoms. The Morgan fingerprint density at radius 1 is 1.42 bits per heavy atom. The van der Waals surface area contributed by atoms with E-state index in [2.05, 4.69) is 20.8 Å². The molecule has 1 aromatic carbocycles. The highest BCUT2D eigenvalue weighted by atomic mass is 16.4. The van der Waals surface area contributed by atoms with Crippen LogP contribution in [0, 0.1) is 0 Å². The Balaban J connectivity index is 1.97. The molecule has 0 saturated carbocycles. The van der Waals surface area contributed by atoms with Crippen LogP contribution >= 0.6 is 0 Å². The normalized spacial score (nSPS) is 10.4. The van der Waals surface area contributed by atoms with Crippen molar-refractivity contribution in [1.29, 1.82) is 0 Å². The molecule has 0 bridgehead atoms. The zero-order valence-electron chi connectivity index (χ0n) is 10.7. The number of nitrogens with zero attached hydrogens (tertiary/aromatic N) is 2. The van der Waals surface area contributed by atoms with Crippen LogP contribution in [-0.4, -0.2) is 29.7 Å². The van der Waals surface area contributed by atoms with Crippen LogP contribution < -0.4 is 10.6 Å². The van der Waals surface area contributed by atoms with Gasteiger partial charge in [-0.1, -0.05) is 6.07 Å². The Morgan fingerprint density at radius 3 is 3.05 bits per heavy atom. The van der Waals surface area contributed by atoms with Gasteiger partial charge in [-0.15, -0.1) is 10.2 Å².